The Morgan fingerprint density at radius 1 is 1.50 bits per heavy atom. The third-order valence-electron chi connectivity index (χ3n) is 4.93. The zero-order valence-electron chi connectivity index (χ0n) is 10.5. The summed E-state index contributed by atoms with van der Waals surface area (Å²) in [7, 11) is 0. The number of allylic oxidation sites excluding steroid dienone is 2. The van der Waals surface area contributed by atoms with Crippen molar-refractivity contribution in [2.24, 2.45) is 17.3 Å². The summed E-state index contributed by atoms with van der Waals surface area (Å²) in [5.74, 6) is 1.20. The Balaban J connectivity index is 2.19. The molecule has 0 spiro atoms. The second kappa shape index (κ2) is 4.37. The Kier molecular flexibility index (Phi) is 3.25. The van der Waals surface area contributed by atoms with Crippen LogP contribution in [0.15, 0.2) is 24.3 Å². The van der Waals surface area contributed by atoms with Crippen LogP contribution in [0.5, 0.6) is 0 Å². The fourth-order valence-corrected chi connectivity index (χ4v) is 3.74. The Hall–Kier alpha value is -0.560. The van der Waals surface area contributed by atoms with Crippen LogP contribution in [0.2, 0.25) is 0 Å². The lowest BCUT2D eigenvalue weighted by Crippen LogP contribution is -2.43. The van der Waals surface area contributed by atoms with Crippen LogP contribution in [0.25, 0.3) is 0 Å². The second-order valence-corrected chi connectivity index (χ2v) is 5.90. The molecule has 3 unspecified atom stereocenters. The molecule has 0 aromatic rings. The van der Waals surface area contributed by atoms with Gasteiger partial charge in [-0.2, -0.15) is 0 Å². The average molecular weight is 220 g/mol. The van der Waals surface area contributed by atoms with Gasteiger partial charge in [-0.25, -0.2) is 0 Å². The van der Waals surface area contributed by atoms with E-state index in [4.69, 9.17) is 0 Å². The minimum absolute atomic E-state index is 0.168. The molecule has 0 radical (unpaired) electrons. The molecule has 1 N–H and O–H groups in total. The molecule has 0 heterocycles. The van der Waals surface area contributed by atoms with Gasteiger partial charge in [-0.3, -0.25) is 0 Å². The van der Waals surface area contributed by atoms with Gasteiger partial charge in [-0.1, -0.05) is 24.3 Å². The molecular weight excluding hydrogens is 196 g/mol. The molecule has 0 aliphatic heterocycles. The van der Waals surface area contributed by atoms with Gasteiger partial charge in [0.05, 0.1) is 0 Å². The van der Waals surface area contributed by atoms with E-state index in [1.54, 1.807) is 0 Å². The lowest BCUT2D eigenvalue weighted by Gasteiger charge is -2.50. The highest BCUT2D eigenvalue weighted by Gasteiger charge is 2.45. The van der Waals surface area contributed by atoms with Gasteiger partial charge in [0.2, 0.25) is 0 Å². The molecule has 0 aromatic heterocycles. The van der Waals surface area contributed by atoms with Crippen molar-refractivity contribution in [2.45, 2.75) is 45.4 Å². The number of aliphatic hydroxyl groups excluding tert-OH is 1. The molecular formula is C15H24O. The quantitative estimate of drug-likeness (QED) is 0.704. The summed E-state index contributed by atoms with van der Waals surface area (Å²) < 4.78 is 0. The van der Waals surface area contributed by atoms with E-state index in [-0.39, 0.29) is 5.41 Å². The van der Waals surface area contributed by atoms with Gasteiger partial charge in [0.25, 0.3) is 0 Å². The lowest BCUT2D eigenvalue weighted by atomic mass is 9.56. The Morgan fingerprint density at radius 2 is 2.25 bits per heavy atom. The second-order valence-electron chi connectivity index (χ2n) is 5.90. The van der Waals surface area contributed by atoms with Gasteiger partial charge in [-0.05, 0) is 57.3 Å². The van der Waals surface area contributed by atoms with E-state index in [0.29, 0.717) is 18.4 Å². The third kappa shape index (κ3) is 1.86. The molecule has 1 heteroatoms. The van der Waals surface area contributed by atoms with Crippen LogP contribution in [0.3, 0.4) is 0 Å². The van der Waals surface area contributed by atoms with E-state index < -0.39 is 0 Å². The van der Waals surface area contributed by atoms with Gasteiger partial charge in [0.1, 0.15) is 0 Å². The molecule has 2 rings (SSSR count). The van der Waals surface area contributed by atoms with E-state index in [1.807, 2.05) is 0 Å². The summed E-state index contributed by atoms with van der Waals surface area (Å²) >= 11 is 0. The molecule has 2 aliphatic rings. The van der Waals surface area contributed by atoms with Crippen molar-refractivity contribution in [3.05, 3.63) is 24.3 Å². The van der Waals surface area contributed by atoms with Crippen molar-refractivity contribution in [3.63, 3.8) is 0 Å². The molecule has 0 aromatic carbocycles. The van der Waals surface area contributed by atoms with Crippen LogP contribution in [0.4, 0.5) is 0 Å². The van der Waals surface area contributed by atoms with Crippen molar-refractivity contribution in [3.8, 4) is 0 Å². The average Bonchev–Trinajstić information content (AvgIpc) is 2.29. The Morgan fingerprint density at radius 3 is 2.88 bits per heavy atom. The number of hydrogen-bond acceptors (Lipinski definition) is 1. The van der Waals surface area contributed by atoms with E-state index in [2.05, 4.69) is 20.1 Å². The topological polar surface area (TPSA) is 20.2 Å². The van der Waals surface area contributed by atoms with Crippen LogP contribution in [0.1, 0.15) is 45.4 Å². The maximum atomic E-state index is 9.76. The van der Waals surface area contributed by atoms with Crippen molar-refractivity contribution in [1.82, 2.24) is 0 Å². The summed E-state index contributed by atoms with van der Waals surface area (Å²) in [4.78, 5) is 0. The van der Waals surface area contributed by atoms with Crippen LogP contribution >= 0.6 is 0 Å². The van der Waals surface area contributed by atoms with Gasteiger partial charge in [-0.15, -0.1) is 0 Å². The maximum Gasteiger partial charge on any atom is 0.0493 e. The number of hydrogen-bond donors (Lipinski definition) is 1. The summed E-state index contributed by atoms with van der Waals surface area (Å²) in [6.07, 6.45) is 7.11. The third-order valence-corrected chi connectivity index (χ3v) is 4.93. The minimum atomic E-state index is 0.168. The first kappa shape index (κ1) is 11.9. The van der Waals surface area contributed by atoms with E-state index in [0.717, 1.165) is 12.8 Å². The van der Waals surface area contributed by atoms with Crippen LogP contribution in [-0.4, -0.2) is 11.7 Å². The largest absolute Gasteiger partial charge is 0.396 e. The predicted octanol–water partition coefficient (Wildman–Crippen LogP) is 3.70. The highest BCUT2D eigenvalue weighted by molar-refractivity contribution is 5.16. The van der Waals surface area contributed by atoms with E-state index in [1.165, 1.54) is 36.8 Å². The molecule has 0 amide bonds. The minimum Gasteiger partial charge on any atom is -0.396 e. The van der Waals surface area contributed by atoms with Gasteiger partial charge in [0.15, 0.2) is 0 Å². The summed E-state index contributed by atoms with van der Waals surface area (Å²) in [5, 5.41) is 9.76. The van der Waals surface area contributed by atoms with Crippen molar-refractivity contribution < 1.29 is 5.11 Å². The highest BCUT2D eigenvalue weighted by Crippen LogP contribution is 2.54. The predicted molar refractivity (Wildman–Crippen MR) is 68.2 cm³/mol. The zero-order chi connectivity index (χ0) is 11.8. The Labute approximate surface area is 99.3 Å². The van der Waals surface area contributed by atoms with Gasteiger partial charge < -0.3 is 5.11 Å². The van der Waals surface area contributed by atoms with Crippen LogP contribution in [-0.2, 0) is 0 Å². The zero-order valence-corrected chi connectivity index (χ0v) is 10.5. The molecule has 0 saturated heterocycles. The van der Waals surface area contributed by atoms with E-state index in [9.17, 15) is 5.11 Å². The standard InChI is InChI=1S/C15H24O/c1-11(2)13-6-8-15(10-16)7-4-5-12(3)14(15)9-13/h13-14,16H,1,3-10H2,2H3. The summed E-state index contributed by atoms with van der Waals surface area (Å²) in [6.45, 7) is 10.8. The number of fused-ring (bicyclic) bond motifs is 1. The molecule has 1 nitrogen and oxygen atoms in total. The molecule has 2 saturated carbocycles. The van der Waals surface area contributed by atoms with Crippen molar-refractivity contribution in [2.75, 3.05) is 6.61 Å². The normalized spacial score (nSPS) is 39.2. The molecule has 0 bridgehead atoms. The molecule has 2 aliphatic carbocycles. The fourth-order valence-electron chi connectivity index (χ4n) is 3.74. The first-order valence-electron chi connectivity index (χ1n) is 6.53. The molecule has 90 valence electrons. The SMILES string of the molecule is C=C(C)C1CCC2(CO)CCCC(=C)C2C1. The van der Waals surface area contributed by atoms with Crippen LogP contribution in [0, 0.1) is 17.3 Å². The lowest BCUT2D eigenvalue weighted by molar-refractivity contribution is 0.00427. The molecule has 3 atom stereocenters. The smallest absolute Gasteiger partial charge is 0.0493 e. The molecule has 16 heavy (non-hydrogen) atoms. The fraction of sp³-hybridized carbons (Fsp3) is 0.733. The van der Waals surface area contributed by atoms with Gasteiger partial charge >= 0.3 is 0 Å². The first-order valence-corrected chi connectivity index (χ1v) is 6.53. The Bertz CT molecular complexity index is 305. The number of rotatable bonds is 2. The highest BCUT2D eigenvalue weighted by atomic mass is 16.3. The number of aliphatic hydroxyl groups is 1. The first-order chi connectivity index (χ1) is 7.59. The van der Waals surface area contributed by atoms with Crippen molar-refractivity contribution in [1.29, 1.82) is 0 Å². The monoisotopic (exact) mass is 220 g/mol. The van der Waals surface area contributed by atoms with E-state index >= 15 is 0 Å². The molecule has 2 fully saturated rings. The van der Waals surface area contributed by atoms with Crippen molar-refractivity contribution >= 4 is 0 Å². The van der Waals surface area contributed by atoms with Crippen LogP contribution < -0.4 is 0 Å². The van der Waals surface area contributed by atoms with Gasteiger partial charge in [0, 0.05) is 12.0 Å². The summed E-state index contributed by atoms with van der Waals surface area (Å²) in [5.41, 5.74) is 2.86. The maximum absolute atomic E-state index is 9.76. The summed E-state index contributed by atoms with van der Waals surface area (Å²) in [6, 6.07) is 0.